The molecule has 2 rings (SSSR count). The highest BCUT2D eigenvalue weighted by molar-refractivity contribution is 7.16. The van der Waals surface area contributed by atoms with E-state index in [9.17, 15) is 14.4 Å². The molecule has 0 saturated carbocycles. The molecular formula is C14H13NO4S. The van der Waals surface area contributed by atoms with Crippen LogP contribution in [0.3, 0.4) is 0 Å². The van der Waals surface area contributed by atoms with Crippen molar-refractivity contribution >= 4 is 27.4 Å². The summed E-state index contributed by atoms with van der Waals surface area (Å²) in [4.78, 5) is 34.7. The van der Waals surface area contributed by atoms with Crippen molar-refractivity contribution in [3.63, 3.8) is 0 Å². The third kappa shape index (κ3) is 2.70. The van der Waals surface area contributed by atoms with Crippen molar-refractivity contribution in [2.75, 3.05) is 0 Å². The molecule has 1 aromatic carbocycles. The molecule has 0 radical (unpaired) electrons. The molecule has 5 nitrogen and oxygen atoms in total. The molecule has 1 aromatic heterocycles. The highest BCUT2D eigenvalue weighted by Gasteiger charge is 2.08. The van der Waals surface area contributed by atoms with E-state index in [1.165, 1.54) is 6.08 Å². The lowest BCUT2D eigenvalue weighted by Crippen LogP contribution is -2.30. The summed E-state index contributed by atoms with van der Waals surface area (Å²) in [7, 11) is 0. The molecule has 20 heavy (non-hydrogen) atoms. The molecule has 0 bridgehead atoms. The van der Waals surface area contributed by atoms with Crippen molar-refractivity contribution in [1.82, 2.24) is 4.57 Å². The van der Waals surface area contributed by atoms with Crippen LogP contribution in [0.15, 0.2) is 45.5 Å². The molecule has 0 aliphatic heterocycles. The fraction of sp³-hybridized carbons (Fsp3) is 0.214. The summed E-state index contributed by atoms with van der Waals surface area (Å²) in [5.41, 5.74) is -0.198. The summed E-state index contributed by atoms with van der Waals surface area (Å²) >= 11 is 0.981. The Morgan fingerprint density at radius 2 is 2.05 bits per heavy atom. The Morgan fingerprint density at radius 3 is 2.70 bits per heavy atom. The third-order valence-electron chi connectivity index (χ3n) is 2.96. The predicted octanol–water partition coefficient (Wildman–Crippen LogP) is 1.84. The maximum absolute atomic E-state index is 12.2. The second-order valence-corrected chi connectivity index (χ2v) is 5.16. The minimum atomic E-state index is -1.03. The summed E-state index contributed by atoms with van der Waals surface area (Å²) in [6.07, 6.45) is 1.75. The van der Waals surface area contributed by atoms with Crippen LogP contribution in [-0.2, 0) is 11.3 Å². The number of aromatic nitrogens is 1. The molecular weight excluding hydrogens is 278 g/mol. The molecule has 0 unspecified atom stereocenters. The quantitative estimate of drug-likeness (QED) is 0.872. The summed E-state index contributed by atoms with van der Waals surface area (Å²) in [6, 6.07) is 6.88. The van der Waals surface area contributed by atoms with Crippen molar-refractivity contribution in [3.05, 3.63) is 55.9 Å². The number of nitrogens with zero attached hydrogens (tertiary/aromatic N) is 1. The minimum Gasteiger partial charge on any atom is -0.478 e. The molecule has 0 spiro atoms. The van der Waals surface area contributed by atoms with Crippen LogP contribution in [0.1, 0.15) is 13.3 Å². The van der Waals surface area contributed by atoms with Gasteiger partial charge in [-0.15, -0.1) is 0 Å². The summed E-state index contributed by atoms with van der Waals surface area (Å²) < 4.78 is 1.70. The molecule has 104 valence electrons. The first-order chi connectivity index (χ1) is 9.54. The average molecular weight is 291 g/mol. The number of carboxylic acid groups (broad SMARTS) is 1. The summed E-state index contributed by atoms with van der Waals surface area (Å²) in [6.45, 7) is 1.69. The smallest absolute Gasteiger partial charge is 0.331 e. The Balaban J connectivity index is 2.53. The van der Waals surface area contributed by atoms with E-state index in [4.69, 9.17) is 5.11 Å². The molecule has 0 amide bonds. The van der Waals surface area contributed by atoms with Gasteiger partial charge in [0.1, 0.15) is 0 Å². The zero-order chi connectivity index (χ0) is 14.7. The number of carboxylic acids is 1. The van der Waals surface area contributed by atoms with Gasteiger partial charge in [-0.05, 0) is 18.6 Å². The number of rotatable bonds is 4. The molecule has 0 fully saturated rings. The van der Waals surface area contributed by atoms with E-state index in [0.717, 1.165) is 15.9 Å². The van der Waals surface area contributed by atoms with Crippen LogP contribution in [0.2, 0.25) is 0 Å². The lowest BCUT2D eigenvalue weighted by atomic mass is 10.2. The molecule has 1 heterocycles. The maximum atomic E-state index is 12.2. The van der Waals surface area contributed by atoms with Crippen LogP contribution >= 0.6 is 11.3 Å². The number of fused-ring (bicyclic) bond motifs is 1. The average Bonchev–Trinajstić information content (AvgIpc) is 2.42. The van der Waals surface area contributed by atoms with Crippen molar-refractivity contribution in [1.29, 1.82) is 0 Å². The van der Waals surface area contributed by atoms with Crippen molar-refractivity contribution in [3.8, 4) is 0 Å². The molecule has 0 aliphatic carbocycles. The highest BCUT2D eigenvalue weighted by Crippen LogP contribution is 2.11. The summed E-state index contributed by atoms with van der Waals surface area (Å²) in [5.74, 6) is -1.03. The van der Waals surface area contributed by atoms with Gasteiger partial charge >= 0.3 is 10.8 Å². The van der Waals surface area contributed by atoms with E-state index < -0.39 is 5.97 Å². The molecule has 2 aromatic rings. The molecule has 1 N–H and O–H groups in total. The van der Waals surface area contributed by atoms with Gasteiger partial charge in [0.25, 0.3) is 5.56 Å². The van der Waals surface area contributed by atoms with Gasteiger partial charge in [0.15, 0.2) is 0 Å². The van der Waals surface area contributed by atoms with Crippen LogP contribution in [0.25, 0.3) is 10.1 Å². The summed E-state index contributed by atoms with van der Waals surface area (Å²) in [5, 5.41) is 9.40. The first-order valence-electron chi connectivity index (χ1n) is 6.09. The zero-order valence-corrected chi connectivity index (χ0v) is 11.6. The van der Waals surface area contributed by atoms with E-state index in [2.05, 4.69) is 0 Å². The van der Waals surface area contributed by atoms with E-state index >= 15 is 0 Å². The van der Waals surface area contributed by atoms with Crippen molar-refractivity contribution < 1.29 is 9.90 Å². The molecule has 6 heteroatoms. The van der Waals surface area contributed by atoms with E-state index in [1.807, 2.05) is 0 Å². The lowest BCUT2D eigenvalue weighted by Gasteiger charge is -2.03. The monoisotopic (exact) mass is 291 g/mol. The van der Waals surface area contributed by atoms with Gasteiger partial charge in [-0.1, -0.05) is 36.5 Å². The Morgan fingerprint density at radius 1 is 1.35 bits per heavy atom. The third-order valence-corrected chi connectivity index (χ3v) is 3.93. The Bertz CT molecular complexity index is 801. The molecule has 0 saturated heterocycles. The lowest BCUT2D eigenvalue weighted by molar-refractivity contribution is -0.132. The number of hydrogen-bond acceptors (Lipinski definition) is 4. The first kappa shape index (κ1) is 14.2. The highest BCUT2D eigenvalue weighted by atomic mass is 32.1. The van der Waals surface area contributed by atoms with Crippen LogP contribution in [-0.4, -0.2) is 15.6 Å². The first-order valence-corrected chi connectivity index (χ1v) is 6.91. The number of hydrogen-bond donors (Lipinski definition) is 1. The Hall–Kier alpha value is -2.21. The second kappa shape index (κ2) is 5.83. The standard InChI is InChI=1S/C14H13NO4S/c1-2-9(13(17)18)7-8-15-12(16)10-5-3-4-6-11(10)20-14(15)19/h3-7H,2,8H2,1H3,(H,17,18)/b9-7-. The number of benzene rings is 1. The van der Waals surface area contributed by atoms with Gasteiger partial charge in [-0.2, -0.15) is 0 Å². The van der Waals surface area contributed by atoms with Crippen LogP contribution in [0, 0.1) is 0 Å². The van der Waals surface area contributed by atoms with Crippen molar-refractivity contribution in [2.45, 2.75) is 19.9 Å². The molecule has 0 atom stereocenters. The SMILES string of the molecule is CC/C(=C/Cn1c(=O)sc2ccccc2c1=O)C(=O)O. The number of allylic oxidation sites excluding steroid dienone is 1. The van der Waals surface area contributed by atoms with Crippen LogP contribution in [0.5, 0.6) is 0 Å². The minimum absolute atomic E-state index is 0.0194. The van der Waals surface area contributed by atoms with Crippen molar-refractivity contribution in [2.24, 2.45) is 0 Å². The van der Waals surface area contributed by atoms with E-state index in [1.54, 1.807) is 31.2 Å². The van der Waals surface area contributed by atoms with Gasteiger partial charge in [0.2, 0.25) is 0 Å². The van der Waals surface area contributed by atoms with Gasteiger partial charge < -0.3 is 5.11 Å². The fourth-order valence-corrected chi connectivity index (χ4v) is 2.72. The predicted molar refractivity (Wildman–Crippen MR) is 78.4 cm³/mol. The second-order valence-electron chi connectivity index (χ2n) is 4.17. The Labute approximate surface area is 118 Å². The van der Waals surface area contributed by atoms with Gasteiger partial charge in [-0.3, -0.25) is 14.2 Å². The molecule has 0 aliphatic rings. The van der Waals surface area contributed by atoms with Gasteiger partial charge in [0.05, 0.1) is 5.39 Å². The number of carbonyl (C=O) groups is 1. The topological polar surface area (TPSA) is 76.4 Å². The zero-order valence-electron chi connectivity index (χ0n) is 10.8. The largest absolute Gasteiger partial charge is 0.478 e. The van der Waals surface area contributed by atoms with Gasteiger partial charge in [0, 0.05) is 16.8 Å². The van der Waals surface area contributed by atoms with Gasteiger partial charge in [-0.25, -0.2) is 4.79 Å². The van der Waals surface area contributed by atoms with E-state index in [0.29, 0.717) is 16.5 Å². The van der Waals surface area contributed by atoms with Crippen LogP contribution in [0.4, 0.5) is 0 Å². The van der Waals surface area contributed by atoms with Crippen LogP contribution < -0.4 is 10.4 Å². The van der Waals surface area contributed by atoms with E-state index in [-0.39, 0.29) is 22.6 Å². The number of aliphatic carboxylic acids is 1. The maximum Gasteiger partial charge on any atom is 0.331 e. The fourth-order valence-electron chi connectivity index (χ4n) is 1.85. The normalized spacial score (nSPS) is 11.8. The Kier molecular flexibility index (Phi) is 4.14.